The molecule has 2 atom stereocenters. The van der Waals surface area contributed by atoms with E-state index in [1.807, 2.05) is 31.2 Å². The zero-order chi connectivity index (χ0) is 19.3. The Labute approximate surface area is 164 Å². The van der Waals surface area contributed by atoms with Gasteiger partial charge >= 0.3 is 6.09 Å². The largest absolute Gasteiger partial charge is 0.417 e. The van der Waals surface area contributed by atoms with Crippen LogP contribution in [0, 0.1) is 6.92 Å². The number of aryl methyl sites for hydroxylation is 1. The van der Waals surface area contributed by atoms with Gasteiger partial charge in [0, 0.05) is 35.4 Å². The standard InChI is InChI=1S/C21H24ClN3O2/c1-13-5-6-14(11-17(13)22)23-20(26)27-15-7-8-18-16(12-15)21(2)9-10-24(3)19(21)25(18)4/h5-8,11-12,19H,9-10H2,1-4H3,(H,23,26)/t19-,21+/m1/s1. The zero-order valence-corrected chi connectivity index (χ0v) is 16.8. The van der Waals surface area contributed by atoms with Crippen molar-refractivity contribution in [1.82, 2.24) is 4.90 Å². The lowest BCUT2D eigenvalue weighted by molar-refractivity contribution is 0.215. The van der Waals surface area contributed by atoms with E-state index in [1.54, 1.807) is 12.1 Å². The van der Waals surface area contributed by atoms with Crippen LogP contribution in [0.1, 0.15) is 24.5 Å². The van der Waals surface area contributed by atoms with Crippen molar-refractivity contribution < 1.29 is 9.53 Å². The van der Waals surface area contributed by atoms with E-state index >= 15 is 0 Å². The number of hydrogen-bond acceptors (Lipinski definition) is 4. The van der Waals surface area contributed by atoms with E-state index in [9.17, 15) is 4.79 Å². The summed E-state index contributed by atoms with van der Waals surface area (Å²) in [5.74, 6) is 0.550. The van der Waals surface area contributed by atoms with Crippen LogP contribution in [0.2, 0.25) is 5.02 Å². The van der Waals surface area contributed by atoms with Crippen molar-refractivity contribution in [2.24, 2.45) is 0 Å². The highest BCUT2D eigenvalue weighted by Crippen LogP contribution is 2.51. The van der Waals surface area contributed by atoms with Crippen molar-refractivity contribution >= 4 is 29.1 Å². The molecule has 2 aromatic rings. The summed E-state index contributed by atoms with van der Waals surface area (Å²) in [5.41, 5.74) is 4.05. The Balaban J connectivity index is 1.54. The summed E-state index contributed by atoms with van der Waals surface area (Å²) in [6, 6.07) is 11.3. The second kappa shape index (κ2) is 6.43. The number of likely N-dealkylation sites (tertiary alicyclic amines) is 1. The molecular formula is C21H24ClN3O2. The van der Waals surface area contributed by atoms with Crippen LogP contribution < -0.4 is 15.0 Å². The van der Waals surface area contributed by atoms with E-state index in [4.69, 9.17) is 16.3 Å². The number of hydrogen-bond donors (Lipinski definition) is 1. The number of fused-ring (bicyclic) bond motifs is 3. The van der Waals surface area contributed by atoms with Gasteiger partial charge in [0.15, 0.2) is 0 Å². The fourth-order valence-electron chi connectivity index (χ4n) is 4.54. The van der Waals surface area contributed by atoms with Crippen molar-refractivity contribution in [2.75, 3.05) is 30.9 Å². The maximum Gasteiger partial charge on any atom is 0.417 e. The summed E-state index contributed by atoms with van der Waals surface area (Å²) >= 11 is 6.11. The smallest absolute Gasteiger partial charge is 0.410 e. The summed E-state index contributed by atoms with van der Waals surface area (Å²) in [6.45, 7) is 5.27. The van der Waals surface area contributed by atoms with Crippen LogP contribution in [0.25, 0.3) is 0 Å². The van der Waals surface area contributed by atoms with Gasteiger partial charge in [-0.1, -0.05) is 24.6 Å². The van der Waals surface area contributed by atoms with Crippen LogP contribution >= 0.6 is 11.6 Å². The van der Waals surface area contributed by atoms with Gasteiger partial charge in [0.1, 0.15) is 5.75 Å². The molecule has 1 saturated heterocycles. The Kier molecular flexibility index (Phi) is 4.32. The van der Waals surface area contributed by atoms with Crippen LogP contribution in [0.15, 0.2) is 36.4 Å². The number of anilines is 2. The Bertz CT molecular complexity index is 916. The number of benzene rings is 2. The Morgan fingerprint density at radius 3 is 2.78 bits per heavy atom. The van der Waals surface area contributed by atoms with Crippen molar-refractivity contribution in [3.05, 3.63) is 52.5 Å². The lowest BCUT2D eigenvalue weighted by Crippen LogP contribution is -2.45. The second-order valence-electron chi connectivity index (χ2n) is 7.79. The van der Waals surface area contributed by atoms with Gasteiger partial charge < -0.3 is 9.64 Å². The molecule has 1 amide bonds. The van der Waals surface area contributed by atoms with Gasteiger partial charge in [0.05, 0.1) is 6.17 Å². The van der Waals surface area contributed by atoms with Gasteiger partial charge in [-0.25, -0.2) is 4.79 Å². The number of nitrogens with one attached hydrogen (secondary N) is 1. The highest BCUT2D eigenvalue weighted by Gasteiger charge is 2.52. The van der Waals surface area contributed by atoms with E-state index in [0.717, 1.165) is 18.5 Å². The van der Waals surface area contributed by atoms with Crippen LogP contribution in [-0.4, -0.2) is 37.8 Å². The van der Waals surface area contributed by atoms with Crippen LogP contribution in [0.3, 0.4) is 0 Å². The Hall–Kier alpha value is -2.24. The first kappa shape index (κ1) is 18.1. The third-order valence-corrected chi connectivity index (χ3v) is 6.34. The van der Waals surface area contributed by atoms with Crippen molar-refractivity contribution in [2.45, 2.75) is 31.8 Å². The number of amides is 1. The normalized spacial score (nSPS) is 23.9. The van der Waals surface area contributed by atoms with Crippen molar-refractivity contribution in [1.29, 1.82) is 0 Å². The minimum atomic E-state index is -0.522. The van der Waals surface area contributed by atoms with Gasteiger partial charge in [0.2, 0.25) is 0 Å². The molecule has 0 aliphatic carbocycles. The molecule has 6 heteroatoms. The summed E-state index contributed by atoms with van der Waals surface area (Å²) in [7, 11) is 4.29. The minimum absolute atomic E-state index is 0.0408. The average molecular weight is 386 g/mol. The highest BCUT2D eigenvalue weighted by molar-refractivity contribution is 6.31. The van der Waals surface area contributed by atoms with Gasteiger partial charge in [0.25, 0.3) is 0 Å². The molecule has 0 saturated carbocycles. The van der Waals surface area contributed by atoms with Crippen molar-refractivity contribution in [3.63, 3.8) is 0 Å². The number of rotatable bonds is 2. The van der Waals surface area contributed by atoms with Gasteiger partial charge in [-0.2, -0.15) is 0 Å². The molecule has 27 heavy (non-hydrogen) atoms. The topological polar surface area (TPSA) is 44.8 Å². The first-order valence-electron chi connectivity index (χ1n) is 9.12. The average Bonchev–Trinajstić information content (AvgIpc) is 3.04. The van der Waals surface area contributed by atoms with Gasteiger partial charge in [-0.3, -0.25) is 10.2 Å². The molecule has 2 heterocycles. The third-order valence-electron chi connectivity index (χ3n) is 5.93. The molecule has 1 fully saturated rings. The van der Waals surface area contributed by atoms with Gasteiger partial charge in [-0.15, -0.1) is 0 Å². The molecule has 0 bridgehead atoms. The first-order chi connectivity index (χ1) is 12.8. The fourth-order valence-corrected chi connectivity index (χ4v) is 4.72. The van der Waals surface area contributed by atoms with E-state index in [0.29, 0.717) is 22.6 Å². The van der Waals surface area contributed by atoms with Crippen LogP contribution in [0.4, 0.5) is 16.2 Å². The lowest BCUT2D eigenvalue weighted by atomic mass is 9.81. The number of nitrogens with zero attached hydrogens (tertiary/aromatic N) is 2. The van der Waals surface area contributed by atoms with Gasteiger partial charge in [-0.05, 0) is 61.9 Å². The van der Waals surface area contributed by atoms with Crippen molar-refractivity contribution in [3.8, 4) is 5.75 Å². The SMILES string of the molecule is Cc1ccc(NC(=O)Oc2ccc3c(c2)[C@]2(C)CCN(C)[C@@H]2N3C)cc1Cl. The van der Waals surface area contributed by atoms with E-state index in [2.05, 4.69) is 36.1 Å². The summed E-state index contributed by atoms with van der Waals surface area (Å²) in [5, 5.41) is 3.34. The number of carbonyl (C=O) groups excluding carboxylic acids is 1. The molecule has 2 aliphatic rings. The maximum atomic E-state index is 12.3. The summed E-state index contributed by atoms with van der Waals surface area (Å²) in [4.78, 5) is 17.0. The number of ether oxygens (including phenoxy) is 1. The molecule has 0 unspecified atom stereocenters. The van der Waals surface area contributed by atoms with E-state index in [1.165, 1.54) is 11.3 Å². The summed E-state index contributed by atoms with van der Waals surface area (Å²) < 4.78 is 5.54. The molecule has 5 nitrogen and oxygen atoms in total. The Morgan fingerprint density at radius 2 is 2.04 bits per heavy atom. The molecule has 4 rings (SSSR count). The lowest BCUT2D eigenvalue weighted by Gasteiger charge is -2.32. The van der Waals surface area contributed by atoms with Crippen LogP contribution in [0.5, 0.6) is 5.75 Å². The van der Waals surface area contributed by atoms with E-state index in [-0.39, 0.29) is 5.41 Å². The molecule has 2 aromatic carbocycles. The summed E-state index contributed by atoms with van der Waals surface area (Å²) in [6.07, 6.45) is 0.904. The quantitative estimate of drug-likeness (QED) is 0.818. The third kappa shape index (κ3) is 2.95. The molecule has 1 N–H and O–H groups in total. The second-order valence-corrected chi connectivity index (χ2v) is 8.20. The molecule has 0 spiro atoms. The molecule has 0 radical (unpaired) electrons. The predicted molar refractivity (Wildman–Crippen MR) is 109 cm³/mol. The first-order valence-corrected chi connectivity index (χ1v) is 9.50. The predicted octanol–water partition coefficient (Wildman–Crippen LogP) is 4.63. The zero-order valence-electron chi connectivity index (χ0n) is 16.0. The monoisotopic (exact) mass is 385 g/mol. The molecule has 0 aromatic heterocycles. The van der Waals surface area contributed by atoms with E-state index < -0.39 is 6.09 Å². The molecular weight excluding hydrogens is 362 g/mol. The number of halogens is 1. The highest BCUT2D eigenvalue weighted by atomic mass is 35.5. The van der Waals surface area contributed by atoms with Crippen LogP contribution in [-0.2, 0) is 5.41 Å². The minimum Gasteiger partial charge on any atom is -0.410 e. The molecule has 142 valence electrons. The number of likely N-dealkylation sites (N-methyl/N-ethyl adjacent to an activating group) is 2. The Morgan fingerprint density at radius 1 is 1.26 bits per heavy atom. The molecule has 2 aliphatic heterocycles. The number of carbonyl (C=O) groups is 1. The maximum absolute atomic E-state index is 12.3. The fraction of sp³-hybridized carbons (Fsp3) is 0.381.